The van der Waals surface area contributed by atoms with Crippen LogP contribution in [0.1, 0.15) is 69.8 Å². The fourth-order valence-electron chi connectivity index (χ4n) is 5.43. The Labute approximate surface area is 206 Å². The molecule has 1 unspecified atom stereocenters. The number of nitrogens with one attached hydrogen (secondary N) is 1. The summed E-state index contributed by atoms with van der Waals surface area (Å²) in [5, 5.41) is 3.42. The molecule has 1 atom stereocenters. The molecule has 3 aliphatic rings. The van der Waals surface area contributed by atoms with Crippen molar-refractivity contribution >= 4 is 11.7 Å². The van der Waals surface area contributed by atoms with Crippen LogP contribution in [0.2, 0.25) is 0 Å². The zero-order valence-corrected chi connectivity index (χ0v) is 20.9. The predicted octanol–water partition coefficient (Wildman–Crippen LogP) is 4.90. The van der Waals surface area contributed by atoms with E-state index in [0.29, 0.717) is 5.56 Å². The summed E-state index contributed by atoms with van der Waals surface area (Å²) in [5.74, 6) is -0.592. The SMILES string of the molecule is CCOC(=O)CC(c1ccc(OC)c(F)c1)C1(F)CN(CCCCC2=NC3=C(CCCN3)CC2)C1. The highest BCUT2D eigenvalue weighted by molar-refractivity contribution is 5.86. The Balaban J connectivity index is 1.29. The second kappa shape index (κ2) is 11.5. The topological polar surface area (TPSA) is 63.2 Å². The van der Waals surface area contributed by atoms with Gasteiger partial charge in [0.2, 0.25) is 0 Å². The summed E-state index contributed by atoms with van der Waals surface area (Å²) >= 11 is 0. The number of methoxy groups -OCH3 is 1. The van der Waals surface area contributed by atoms with Crippen LogP contribution in [0, 0.1) is 5.82 Å². The normalized spacial score (nSPS) is 20.3. The quantitative estimate of drug-likeness (QED) is 0.354. The van der Waals surface area contributed by atoms with Crippen molar-refractivity contribution in [1.29, 1.82) is 0 Å². The van der Waals surface area contributed by atoms with Crippen molar-refractivity contribution in [2.75, 3.05) is 39.9 Å². The molecule has 6 nitrogen and oxygen atoms in total. The van der Waals surface area contributed by atoms with Crippen molar-refractivity contribution in [1.82, 2.24) is 10.2 Å². The Morgan fingerprint density at radius 2 is 2.09 bits per heavy atom. The summed E-state index contributed by atoms with van der Waals surface area (Å²) in [4.78, 5) is 19.1. The van der Waals surface area contributed by atoms with Gasteiger partial charge in [-0.05, 0) is 81.7 Å². The number of ether oxygens (including phenoxy) is 2. The second-order valence-corrected chi connectivity index (χ2v) is 9.82. The molecule has 0 aromatic heterocycles. The molecule has 1 N–H and O–H groups in total. The minimum Gasteiger partial charge on any atom is -0.494 e. The number of benzene rings is 1. The van der Waals surface area contributed by atoms with Gasteiger partial charge >= 0.3 is 5.97 Å². The third kappa shape index (κ3) is 6.21. The van der Waals surface area contributed by atoms with Gasteiger partial charge in [0.25, 0.3) is 0 Å². The molecule has 4 rings (SSSR count). The van der Waals surface area contributed by atoms with Crippen LogP contribution in [0.3, 0.4) is 0 Å². The summed E-state index contributed by atoms with van der Waals surface area (Å²) in [6.45, 7) is 4.21. The Kier molecular flexibility index (Phi) is 8.42. The van der Waals surface area contributed by atoms with Crippen molar-refractivity contribution in [3.63, 3.8) is 0 Å². The van der Waals surface area contributed by atoms with E-state index in [9.17, 15) is 9.18 Å². The van der Waals surface area contributed by atoms with Gasteiger partial charge in [0, 0.05) is 31.3 Å². The van der Waals surface area contributed by atoms with Gasteiger partial charge in [-0.25, -0.2) is 13.8 Å². The third-order valence-electron chi connectivity index (χ3n) is 7.31. The van der Waals surface area contributed by atoms with E-state index in [1.807, 2.05) is 0 Å². The number of alkyl halides is 1. The zero-order chi connectivity index (χ0) is 24.8. The van der Waals surface area contributed by atoms with Gasteiger partial charge in [-0.2, -0.15) is 0 Å². The maximum Gasteiger partial charge on any atom is 0.306 e. The maximum absolute atomic E-state index is 15.9. The Morgan fingerprint density at radius 1 is 1.26 bits per heavy atom. The molecule has 0 bridgehead atoms. The zero-order valence-electron chi connectivity index (χ0n) is 20.9. The predicted molar refractivity (Wildman–Crippen MR) is 132 cm³/mol. The molecule has 1 aromatic carbocycles. The highest BCUT2D eigenvalue weighted by Crippen LogP contribution is 2.42. The van der Waals surface area contributed by atoms with Crippen LogP contribution in [-0.2, 0) is 9.53 Å². The average molecular weight is 490 g/mol. The van der Waals surface area contributed by atoms with E-state index in [1.165, 1.54) is 43.4 Å². The molecule has 1 fully saturated rings. The fourth-order valence-corrected chi connectivity index (χ4v) is 5.43. The first kappa shape index (κ1) is 25.6. The van der Waals surface area contributed by atoms with Crippen LogP contribution in [0.4, 0.5) is 8.78 Å². The maximum atomic E-state index is 15.9. The molecule has 1 aromatic rings. The highest BCUT2D eigenvalue weighted by atomic mass is 19.1. The van der Waals surface area contributed by atoms with Gasteiger partial charge in [-0.3, -0.25) is 9.69 Å². The summed E-state index contributed by atoms with van der Waals surface area (Å²) in [5.41, 5.74) is 1.59. The first-order valence-corrected chi connectivity index (χ1v) is 12.8. The lowest BCUT2D eigenvalue weighted by Crippen LogP contribution is -2.62. The van der Waals surface area contributed by atoms with E-state index in [2.05, 4.69) is 10.2 Å². The van der Waals surface area contributed by atoms with Crippen molar-refractivity contribution < 1.29 is 23.0 Å². The minimum absolute atomic E-state index is 0.0983. The number of aliphatic imine (C=N–C) groups is 1. The minimum atomic E-state index is -1.60. The number of likely N-dealkylation sites (tertiary alicyclic amines) is 1. The number of carbonyl (C=O) groups is 1. The van der Waals surface area contributed by atoms with Gasteiger partial charge in [-0.1, -0.05) is 6.07 Å². The number of esters is 1. The van der Waals surface area contributed by atoms with Gasteiger partial charge in [0.15, 0.2) is 11.6 Å². The lowest BCUT2D eigenvalue weighted by molar-refractivity contribution is -0.146. The Morgan fingerprint density at radius 3 is 2.83 bits per heavy atom. The molecule has 0 radical (unpaired) electrons. The van der Waals surface area contributed by atoms with E-state index in [1.54, 1.807) is 13.0 Å². The fraction of sp³-hybridized carbons (Fsp3) is 0.630. The molecule has 3 heterocycles. The van der Waals surface area contributed by atoms with Gasteiger partial charge in [0.05, 0.1) is 20.1 Å². The van der Waals surface area contributed by atoms with E-state index >= 15 is 4.39 Å². The molecule has 0 spiro atoms. The number of nitrogens with zero attached hydrogens (tertiary/aromatic N) is 2. The van der Waals surface area contributed by atoms with E-state index in [-0.39, 0.29) is 31.9 Å². The van der Waals surface area contributed by atoms with Crippen LogP contribution >= 0.6 is 0 Å². The van der Waals surface area contributed by atoms with Gasteiger partial charge < -0.3 is 14.8 Å². The van der Waals surface area contributed by atoms with Crippen molar-refractivity contribution in [2.45, 2.75) is 69.9 Å². The van der Waals surface area contributed by atoms with Crippen LogP contribution in [0.15, 0.2) is 34.6 Å². The van der Waals surface area contributed by atoms with Crippen molar-refractivity contribution in [2.24, 2.45) is 4.99 Å². The van der Waals surface area contributed by atoms with Crippen LogP contribution < -0.4 is 10.1 Å². The van der Waals surface area contributed by atoms with E-state index < -0.39 is 23.4 Å². The summed E-state index contributed by atoms with van der Waals surface area (Å²) in [6, 6.07) is 4.40. The number of carbonyl (C=O) groups excluding carboxylic acids is 1. The number of halogens is 2. The molecule has 3 aliphatic heterocycles. The first-order chi connectivity index (χ1) is 16.9. The van der Waals surface area contributed by atoms with Crippen LogP contribution in [0.5, 0.6) is 5.75 Å². The second-order valence-electron chi connectivity index (χ2n) is 9.82. The summed E-state index contributed by atoms with van der Waals surface area (Å²) in [7, 11) is 1.39. The van der Waals surface area contributed by atoms with Crippen LogP contribution in [0.25, 0.3) is 0 Å². The molecular formula is C27H37F2N3O3. The smallest absolute Gasteiger partial charge is 0.306 e. The number of allylic oxidation sites excluding steroid dienone is 1. The van der Waals surface area contributed by atoms with E-state index in [0.717, 1.165) is 51.0 Å². The third-order valence-corrected chi connectivity index (χ3v) is 7.31. The number of hydrogen-bond acceptors (Lipinski definition) is 6. The monoisotopic (exact) mass is 489 g/mol. The molecule has 192 valence electrons. The van der Waals surface area contributed by atoms with Crippen LogP contribution in [-0.4, -0.2) is 62.1 Å². The highest BCUT2D eigenvalue weighted by Gasteiger charge is 2.50. The van der Waals surface area contributed by atoms with E-state index in [4.69, 9.17) is 14.5 Å². The number of unbranched alkanes of at least 4 members (excludes halogenated alkanes) is 1. The molecule has 8 heteroatoms. The average Bonchev–Trinajstić information content (AvgIpc) is 2.84. The van der Waals surface area contributed by atoms with Crippen molar-refractivity contribution in [3.05, 3.63) is 41.0 Å². The molecule has 0 amide bonds. The summed E-state index contributed by atoms with van der Waals surface area (Å²) < 4.78 is 40.3. The standard InChI is InChI=1S/C27H37F2N3O3/c1-3-35-25(33)16-22(20-10-12-24(34-2)23(28)15-20)27(29)17-32(18-27)14-5-4-8-21-11-9-19-7-6-13-30-26(19)31-21/h10,12,15,22,30H,3-9,11,13-14,16-18H2,1-2H3. The molecule has 35 heavy (non-hydrogen) atoms. The molecule has 0 saturated carbocycles. The first-order valence-electron chi connectivity index (χ1n) is 12.8. The largest absolute Gasteiger partial charge is 0.494 e. The molecule has 0 aliphatic carbocycles. The van der Waals surface area contributed by atoms with Crippen molar-refractivity contribution in [3.8, 4) is 5.75 Å². The molecule has 1 saturated heterocycles. The molecular weight excluding hydrogens is 452 g/mol. The summed E-state index contributed by atoms with van der Waals surface area (Å²) in [6.07, 6.45) is 7.38. The number of rotatable bonds is 11. The lowest BCUT2D eigenvalue weighted by atomic mass is 9.76. The van der Waals surface area contributed by atoms with Gasteiger partial charge in [-0.15, -0.1) is 0 Å². The Hall–Kier alpha value is -2.48. The van der Waals surface area contributed by atoms with Gasteiger partial charge in [0.1, 0.15) is 11.5 Å². The Bertz CT molecular complexity index is 972. The lowest BCUT2D eigenvalue weighted by Gasteiger charge is -2.48. The number of hydrogen-bond donors (Lipinski definition) is 1.